The molecule has 11 heteroatoms. The molecule has 204 valence electrons. The number of benzene rings is 2. The number of carbonyl (C=O) groups is 1. The average molecular weight is 559 g/mol. The number of nitrogens with two attached hydrogens (primary N) is 1. The van der Waals surface area contributed by atoms with Crippen molar-refractivity contribution in [2.24, 2.45) is 5.73 Å². The minimum Gasteiger partial charge on any atom is -0.445 e. The maximum atomic E-state index is 14.6. The van der Waals surface area contributed by atoms with Crippen LogP contribution in [0.5, 0.6) is 0 Å². The first-order valence-corrected chi connectivity index (χ1v) is 13.7. The minimum absolute atomic E-state index is 0.0174. The van der Waals surface area contributed by atoms with Crippen LogP contribution in [0.1, 0.15) is 51.9 Å². The number of thiazole rings is 1. The van der Waals surface area contributed by atoms with Gasteiger partial charge >= 0.3 is 0 Å². The Morgan fingerprint density at radius 1 is 1.18 bits per heavy atom. The lowest BCUT2D eigenvalue weighted by Crippen LogP contribution is -2.35. The molecule has 3 aromatic heterocycles. The maximum Gasteiger partial charge on any atom is 0.254 e. The molecule has 2 aromatic carbocycles. The number of carbonyl (C=O) groups excluding carboxylic acids is 1. The van der Waals surface area contributed by atoms with E-state index in [0.717, 1.165) is 16.3 Å². The van der Waals surface area contributed by atoms with Crippen molar-refractivity contribution >= 4 is 17.2 Å². The Bertz CT molecular complexity index is 1630. The van der Waals surface area contributed by atoms with E-state index >= 15 is 0 Å². The first-order valence-electron chi connectivity index (χ1n) is 12.9. The van der Waals surface area contributed by atoms with Crippen LogP contribution in [0.25, 0.3) is 22.9 Å². The second kappa shape index (κ2) is 10.4. The smallest absolute Gasteiger partial charge is 0.254 e. The highest BCUT2D eigenvalue weighted by molar-refractivity contribution is 7.09. The molecular formula is C29H27FN6O3S. The summed E-state index contributed by atoms with van der Waals surface area (Å²) in [6, 6.07) is 14.5. The van der Waals surface area contributed by atoms with Crippen molar-refractivity contribution in [1.29, 1.82) is 0 Å². The van der Waals surface area contributed by atoms with E-state index in [2.05, 4.69) is 20.2 Å². The van der Waals surface area contributed by atoms with Crippen LogP contribution in [-0.2, 0) is 12.0 Å². The van der Waals surface area contributed by atoms with Crippen molar-refractivity contribution in [3.63, 3.8) is 0 Å². The van der Waals surface area contributed by atoms with Crippen molar-refractivity contribution in [2.45, 2.75) is 44.4 Å². The number of hydrogen-bond acceptors (Lipinski definition) is 9. The summed E-state index contributed by atoms with van der Waals surface area (Å²) in [6.45, 7) is 3.69. The van der Waals surface area contributed by atoms with Crippen molar-refractivity contribution in [2.75, 3.05) is 6.54 Å². The summed E-state index contributed by atoms with van der Waals surface area (Å²) in [5.74, 6) is 0.444. The average Bonchev–Trinajstić information content (AvgIpc) is 3.76. The van der Waals surface area contributed by atoms with E-state index in [4.69, 9.17) is 14.6 Å². The Labute approximate surface area is 233 Å². The number of aromatic nitrogens is 4. The molecule has 3 atom stereocenters. The topological polar surface area (TPSA) is 124 Å². The van der Waals surface area contributed by atoms with E-state index < -0.39 is 17.8 Å². The molecule has 0 saturated carbocycles. The Balaban J connectivity index is 1.36. The SMILES string of the molecule is Cc1csc([C@H]2C[C@H](F)CN2C(=O)c2cc(-c3ncco3)cc(-c3nnc([C@@](C)(N)Cc4ccccc4)o3)c2)n1. The first kappa shape index (κ1) is 26.0. The van der Waals surface area contributed by atoms with E-state index in [9.17, 15) is 9.18 Å². The molecule has 6 rings (SSSR count). The maximum absolute atomic E-state index is 14.6. The number of nitrogens with zero attached hydrogens (tertiary/aromatic N) is 5. The molecule has 1 amide bonds. The van der Waals surface area contributed by atoms with Crippen LogP contribution < -0.4 is 5.73 Å². The quantitative estimate of drug-likeness (QED) is 0.278. The van der Waals surface area contributed by atoms with Crippen LogP contribution in [0, 0.1) is 6.92 Å². The summed E-state index contributed by atoms with van der Waals surface area (Å²) < 4.78 is 26.2. The third-order valence-electron chi connectivity index (χ3n) is 6.87. The molecule has 2 N–H and O–H groups in total. The molecule has 1 aliphatic heterocycles. The molecule has 0 spiro atoms. The van der Waals surface area contributed by atoms with Crippen molar-refractivity contribution < 1.29 is 18.0 Å². The fraction of sp³-hybridized carbons (Fsp3) is 0.276. The Morgan fingerprint density at radius 2 is 1.95 bits per heavy atom. The summed E-state index contributed by atoms with van der Waals surface area (Å²) in [7, 11) is 0. The minimum atomic E-state index is -1.14. The molecule has 40 heavy (non-hydrogen) atoms. The van der Waals surface area contributed by atoms with Gasteiger partial charge in [0.05, 0.1) is 24.3 Å². The van der Waals surface area contributed by atoms with Gasteiger partial charge in [-0.2, -0.15) is 0 Å². The molecule has 4 heterocycles. The summed E-state index contributed by atoms with van der Waals surface area (Å²) >= 11 is 1.43. The standard InChI is InChI=1S/C29H27FN6O3S/c1-17-16-40-26(33-17)23-13-22(30)15-36(23)27(37)21-11-19(24-32-8-9-38-24)10-20(12-21)25-34-35-28(39-25)29(2,31)14-18-6-4-3-5-7-18/h3-12,16,22-23H,13-15,31H2,1-2H3/t22-,23+,29-/m0/s1. The summed E-state index contributed by atoms with van der Waals surface area (Å²) in [5, 5.41) is 11.1. The fourth-order valence-electron chi connectivity index (χ4n) is 4.96. The number of alkyl halides is 1. The van der Waals surface area contributed by atoms with E-state index in [1.165, 1.54) is 28.7 Å². The van der Waals surface area contributed by atoms with Gasteiger partial charge in [0.25, 0.3) is 5.91 Å². The molecule has 1 aliphatic rings. The first-order chi connectivity index (χ1) is 19.3. The molecule has 1 saturated heterocycles. The fourth-order valence-corrected chi connectivity index (χ4v) is 5.89. The van der Waals surface area contributed by atoms with Gasteiger partial charge in [-0.1, -0.05) is 30.3 Å². The van der Waals surface area contributed by atoms with Crippen LogP contribution in [-0.4, -0.2) is 43.7 Å². The lowest BCUT2D eigenvalue weighted by molar-refractivity contribution is 0.0728. The lowest BCUT2D eigenvalue weighted by Gasteiger charge is -2.23. The van der Waals surface area contributed by atoms with Crippen molar-refractivity contribution in [1.82, 2.24) is 25.1 Å². The Kier molecular flexibility index (Phi) is 6.77. The zero-order chi connectivity index (χ0) is 27.9. The Hall–Kier alpha value is -4.22. The molecule has 0 unspecified atom stereocenters. The van der Waals surface area contributed by atoms with Gasteiger partial charge in [0.2, 0.25) is 17.7 Å². The van der Waals surface area contributed by atoms with E-state index in [-0.39, 0.29) is 30.7 Å². The zero-order valence-electron chi connectivity index (χ0n) is 22.0. The number of amides is 1. The number of rotatable bonds is 7. The predicted molar refractivity (Wildman–Crippen MR) is 147 cm³/mol. The van der Waals surface area contributed by atoms with Gasteiger partial charge in [-0.05, 0) is 44.0 Å². The molecule has 0 radical (unpaired) electrons. The van der Waals surface area contributed by atoms with Crippen LogP contribution in [0.15, 0.2) is 75.2 Å². The molecule has 0 aliphatic carbocycles. The second-order valence-electron chi connectivity index (χ2n) is 10.3. The second-order valence-corrected chi connectivity index (χ2v) is 11.2. The molecule has 5 aromatic rings. The van der Waals surface area contributed by atoms with E-state index in [1.54, 1.807) is 18.2 Å². The summed E-state index contributed by atoms with van der Waals surface area (Å²) in [6.07, 6.45) is 2.53. The highest BCUT2D eigenvalue weighted by atomic mass is 32.1. The van der Waals surface area contributed by atoms with Gasteiger partial charge in [0.15, 0.2) is 0 Å². The molecule has 9 nitrogen and oxygen atoms in total. The van der Waals surface area contributed by atoms with Crippen LogP contribution in [0.2, 0.25) is 0 Å². The van der Waals surface area contributed by atoms with Gasteiger partial charge in [0, 0.05) is 34.2 Å². The number of hydrogen-bond donors (Lipinski definition) is 1. The largest absolute Gasteiger partial charge is 0.445 e. The predicted octanol–water partition coefficient (Wildman–Crippen LogP) is 5.50. The normalized spacial score (nSPS) is 18.6. The number of likely N-dealkylation sites (tertiary alicyclic amines) is 1. The Morgan fingerprint density at radius 3 is 2.65 bits per heavy atom. The monoisotopic (exact) mass is 558 g/mol. The number of oxazole rings is 1. The van der Waals surface area contributed by atoms with Crippen molar-refractivity contribution in [3.8, 4) is 22.9 Å². The zero-order valence-corrected chi connectivity index (χ0v) is 22.8. The number of halogens is 1. The van der Waals surface area contributed by atoms with Gasteiger partial charge in [-0.15, -0.1) is 21.5 Å². The lowest BCUT2D eigenvalue weighted by atomic mass is 9.94. The van der Waals surface area contributed by atoms with Crippen molar-refractivity contribution in [3.05, 3.63) is 94.1 Å². The van der Waals surface area contributed by atoms with Gasteiger partial charge in [0.1, 0.15) is 17.4 Å². The third-order valence-corrected chi connectivity index (χ3v) is 7.93. The van der Waals surface area contributed by atoms with E-state index in [0.29, 0.717) is 29.0 Å². The molecular weight excluding hydrogens is 531 g/mol. The highest BCUT2D eigenvalue weighted by Gasteiger charge is 2.39. The summed E-state index contributed by atoms with van der Waals surface area (Å²) in [4.78, 5) is 24.2. The van der Waals surface area contributed by atoms with E-state index in [1.807, 2.05) is 49.6 Å². The number of aryl methyl sites for hydroxylation is 1. The van der Waals surface area contributed by atoms with Crippen LogP contribution in [0.4, 0.5) is 4.39 Å². The van der Waals surface area contributed by atoms with Gasteiger partial charge in [-0.3, -0.25) is 4.79 Å². The molecule has 1 fully saturated rings. The van der Waals surface area contributed by atoms with Crippen LogP contribution in [0.3, 0.4) is 0 Å². The van der Waals surface area contributed by atoms with Gasteiger partial charge < -0.3 is 19.5 Å². The van der Waals surface area contributed by atoms with Gasteiger partial charge in [-0.25, -0.2) is 14.4 Å². The highest BCUT2D eigenvalue weighted by Crippen LogP contribution is 2.37. The summed E-state index contributed by atoms with van der Waals surface area (Å²) in [5.41, 5.74) is 8.90. The molecule has 0 bridgehead atoms. The van der Waals surface area contributed by atoms with Crippen LogP contribution >= 0.6 is 11.3 Å². The third kappa shape index (κ3) is 5.17.